The van der Waals surface area contributed by atoms with Gasteiger partial charge in [-0.05, 0) is 36.4 Å². The number of nitriles is 1. The molecule has 0 radical (unpaired) electrons. The van der Waals surface area contributed by atoms with Gasteiger partial charge in [0, 0.05) is 16.0 Å². The van der Waals surface area contributed by atoms with Crippen LogP contribution in [0, 0.1) is 11.3 Å². The Morgan fingerprint density at radius 1 is 1.06 bits per heavy atom. The number of carbonyl (C=O) groups excluding carboxylic acids is 1. The highest BCUT2D eigenvalue weighted by atomic mass is 32.1. The van der Waals surface area contributed by atoms with E-state index in [0.29, 0.717) is 16.7 Å². The van der Waals surface area contributed by atoms with E-state index in [9.17, 15) is 4.79 Å². The van der Waals surface area contributed by atoms with E-state index in [0.717, 1.165) is 4.90 Å². The Labute approximate surface area is 105 Å². The van der Waals surface area contributed by atoms with Crippen molar-refractivity contribution >= 4 is 18.4 Å². The van der Waals surface area contributed by atoms with Crippen molar-refractivity contribution in [3.05, 3.63) is 65.2 Å². The van der Waals surface area contributed by atoms with Crippen LogP contribution in [0.5, 0.6) is 0 Å². The predicted molar refractivity (Wildman–Crippen MR) is 68.3 cm³/mol. The maximum Gasteiger partial charge on any atom is 0.194 e. The van der Waals surface area contributed by atoms with Gasteiger partial charge < -0.3 is 0 Å². The number of rotatable bonds is 2. The van der Waals surface area contributed by atoms with Crippen LogP contribution in [-0.4, -0.2) is 5.78 Å². The topological polar surface area (TPSA) is 40.9 Å². The van der Waals surface area contributed by atoms with Crippen molar-refractivity contribution in [3.63, 3.8) is 0 Å². The molecule has 0 fully saturated rings. The van der Waals surface area contributed by atoms with Gasteiger partial charge in [-0.2, -0.15) is 5.26 Å². The van der Waals surface area contributed by atoms with Crippen LogP contribution in [0.2, 0.25) is 0 Å². The Morgan fingerprint density at radius 3 is 2.35 bits per heavy atom. The Bertz CT molecular complexity index is 596. The zero-order chi connectivity index (χ0) is 12.3. The molecule has 2 nitrogen and oxygen atoms in total. The van der Waals surface area contributed by atoms with Crippen molar-refractivity contribution in [2.24, 2.45) is 0 Å². The summed E-state index contributed by atoms with van der Waals surface area (Å²) in [5.41, 5.74) is 1.39. The van der Waals surface area contributed by atoms with E-state index in [1.807, 2.05) is 6.07 Å². The SMILES string of the molecule is N#Cc1ccccc1C(=O)c1ccc(S)cc1. The number of thiol groups is 1. The second kappa shape index (κ2) is 4.86. The third-order valence-electron chi connectivity index (χ3n) is 2.42. The first kappa shape index (κ1) is 11.4. The molecule has 0 aliphatic heterocycles. The van der Waals surface area contributed by atoms with Gasteiger partial charge in [-0.15, -0.1) is 12.6 Å². The summed E-state index contributed by atoms with van der Waals surface area (Å²) >= 11 is 4.16. The molecule has 0 amide bonds. The molecule has 0 atom stereocenters. The van der Waals surface area contributed by atoms with Crippen LogP contribution >= 0.6 is 12.6 Å². The maximum atomic E-state index is 12.2. The zero-order valence-corrected chi connectivity index (χ0v) is 9.82. The van der Waals surface area contributed by atoms with Gasteiger partial charge in [-0.1, -0.05) is 12.1 Å². The largest absolute Gasteiger partial charge is 0.289 e. The van der Waals surface area contributed by atoms with Crippen LogP contribution in [0.1, 0.15) is 21.5 Å². The molecule has 17 heavy (non-hydrogen) atoms. The fraction of sp³-hybridized carbons (Fsp3) is 0. The van der Waals surface area contributed by atoms with Gasteiger partial charge in [0.1, 0.15) is 0 Å². The van der Waals surface area contributed by atoms with Crippen LogP contribution in [0.4, 0.5) is 0 Å². The number of benzene rings is 2. The van der Waals surface area contributed by atoms with Gasteiger partial charge in [0.15, 0.2) is 5.78 Å². The molecule has 0 aromatic heterocycles. The van der Waals surface area contributed by atoms with Crippen molar-refractivity contribution in [1.82, 2.24) is 0 Å². The fourth-order valence-corrected chi connectivity index (χ4v) is 1.70. The first-order valence-corrected chi connectivity index (χ1v) is 5.50. The van der Waals surface area contributed by atoms with Crippen LogP contribution in [0.15, 0.2) is 53.4 Å². The summed E-state index contributed by atoms with van der Waals surface area (Å²) in [6, 6.07) is 15.7. The molecule has 0 saturated heterocycles. The van der Waals surface area contributed by atoms with Crippen molar-refractivity contribution in [3.8, 4) is 6.07 Å². The lowest BCUT2D eigenvalue weighted by Gasteiger charge is -2.03. The fourth-order valence-electron chi connectivity index (χ4n) is 1.55. The van der Waals surface area contributed by atoms with E-state index in [1.165, 1.54) is 0 Å². The Balaban J connectivity index is 2.44. The second-order valence-corrected chi connectivity index (χ2v) is 4.05. The van der Waals surface area contributed by atoms with Crippen molar-refractivity contribution < 1.29 is 4.79 Å². The van der Waals surface area contributed by atoms with Gasteiger partial charge in [0.2, 0.25) is 0 Å². The predicted octanol–water partition coefficient (Wildman–Crippen LogP) is 3.08. The molecule has 0 spiro atoms. The number of hydrogen-bond donors (Lipinski definition) is 1. The van der Waals surface area contributed by atoms with Crippen LogP contribution in [-0.2, 0) is 0 Å². The van der Waals surface area contributed by atoms with Crippen LogP contribution in [0.3, 0.4) is 0 Å². The molecule has 2 rings (SSSR count). The standard InChI is InChI=1S/C14H9NOS/c15-9-11-3-1-2-4-13(11)14(16)10-5-7-12(17)8-6-10/h1-8,17H. The molecular formula is C14H9NOS. The summed E-state index contributed by atoms with van der Waals surface area (Å²) in [6.07, 6.45) is 0. The number of ketones is 1. The molecule has 0 N–H and O–H groups in total. The zero-order valence-electron chi connectivity index (χ0n) is 8.92. The molecule has 0 heterocycles. The minimum absolute atomic E-state index is 0.143. The lowest BCUT2D eigenvalue weighted by atomic mass is 9.99. The Hall–Kier alpha value is -2.05. The molecule has 0 aliphatic carbocycles. The third-order valence-corrected chi connectivity index (χ3v) is 2.72. The third kappa shape index (κ3) is 2.38. The molecular weight excluding hydrogens is 230 g/mol. The monoisotopic (exact) mass is 239 g/mol. The summed E-state index contributed by atoms with van der Waals surface area (Å²) in [5.74, 6) is -0.143. The quantitative estimate of drug-likeness (QED) is 0.646. The van der Waals surface area contributed by atoms with E-state index >= 15 is 0 Å². The van der Waals surface area contributed by atoms with E-state index in [2.05, 4.69) is 12.6 Å². The molecule has 82 valence electrons. The molecule has 2 aromatic rings. The first-order chi connectivity index (χ1) is 8.22. The van der Waals surface area contributed by atoms with Crippen LogP contribution < -0.4 is 0 Å². The highest BCUT2D eigenvalue weighted by Gasteiger charge is 2.12. The van der Waals surface area contributed by atoms with Gasteiger partial charge >= 0.3 is 0 Å². The average Bonchev–Trinajstić information content (AvgIpc) is 2.39. The Kier molecular flexibility index (Phi) is 3.27. The summed E-state index contributed by atoms with van der Waals surface area (Å²) in [5, 5.41) is 8.94. The maximum absolute atomic E-state index is 12.2. The molecule has 0 aliphatic rings. The highest BCUT2D eigenvalue weighted by molar-refractivity contribution is 7.80. The van der Waals surface area contributed by atoms with Crippen LogP contribution in [0.25, 0.3) is 0 Å². The highest BCUT2D eigenvalue weighted by Crippen LogP contribution is 2.15. The molecule has 0 unspecified atom stereocenters. The second-order valence-electron chi connectivity index (χ2n) is 3.53. The summed E-state index contributed by atoms with van der Waals surface area (Å²) in [7, 11) is 0. The normalized spacial score (nSPS) is 9.65. The number of carbonyl (C=O) groups is 1. The summed E-state index contributed by atoms with van der Waals surface area (Å²) in [6.45, 7) is 0. The van der Waals surface area contributed by atoms with E-state index in [1.54, 1.807) is 48.5 Å². The lowest BCUT2D eigenvalue weighted by Crippen LogP contribution is -2.03. The Morgan fingerprint density at radius 2 is 1.71 bits per heavy atom. The number of hydrogen-bond acceptors (Lipinski definition) is 3. The van der Waals surface area contributed by atoms with Gasteiger partial charge in [-0.3, -0.25) is 4.79 Å². The summed E-state index contributed by atoms with van der Waals surface area (Å²) in [4.78, 5) is 13.0. The smallest absolute Gasteiger partial charge is 0.194 e. The average molecular weight is 239 g/mol. The number of nitrogens with zero attached hydrogens (tertiary/aromatic N) is 1. The molecule has 2 aromatic carbocycles. The molecule has 0 saturated carbocycles. The van der Waals surface area contributed by atoms with Gasteiger partial charge in [0.25, 0.3) is 0 Å². The van der Waals surface area contributed by atoms with Crippen molar-refractivity contribution in [1.29, 1.82) is 5.26 Å². The molecule has 0 bridgehead atoms. The van der Waals surface area contributed by atoms with Gasteiger partial charge in [0.05, 0.1) is 11.6 Å². The van der Waals surface area contributed by atoms with Crippen molar-refractivity contribution in [2.75, 3.05) is 0 Å². The van der Waals surface area contributed by atoms with E-state index < -0.39 is 0 Å². The van der Waals surface area contributed by atoms with E-state index in [4.69, 9.17) is 5.26 Å². The summed E-state index contributed by atoms with van der Waals surface area (Å²) < 4.78 is 0. The minimum Gasteiger partial charge on any atom is -0.289 e. The minimum atomic E-state index is -0.143. The van der Waals surface area contributed by atoms with E-state index in [-0.39, 0.29) is 5.78 Å². The first-order valence-electron chi connectivity index (χ1n) is 5.05. The lowest BCUT2D eigenvalue weighted by molar-refractivity contribution is 0.103. The van der Waals surface area contributed by atoms with Crippen molar-refractivity contribution in [2.45, 2.75) is 4.90 Å². The van der Waals surface area contributed by atoms with Gasteiger partial charge in [-0.25, -0.2) is 0 Å². The molecule has 3 heteroatoms.